The summed E-state index contributed by atoms with van der Waals surface area (Å²) < 4.78 is 39.8. The normalized spacial score (nSPS) is 11.0. The number of benzene rings is 1. The lowest BCUT2D eigenvalue weighted by Gasteiger charge is -2.08. The second-order valence-electron chi connectivity index (χ2n) is 3.86. The van der Waals surface area contributed by atoms with E-state index in [0.717, 1.165) is 12.1 Å². The third-order valence-corrected chi connectivity index (χ3v) is 2.41. The Morgan fingerprint density at radius 2 is 1.95 bits per heavy atom. The summed E-state index contributed by atoms with van der Waals surface area (Å²) in [5, 5.41) is 8.83. The average Bonchev–Trinajstić information content (AvgIpc) is 2.82. The van der Waals surface area contributed by atoms with Crippen LogP contribution < -0.4 is 10.5 Å². The van der Waals surface area contributed by atoms with Crippen molar-refractivity contribution in [1.82, 2.24) is 9.97 Å². The second-order valence-corrected chi connectivity index (χ2v) is 3.86. The zero-order chi connectivity index (χ0) is 15.6. The SMILES string of the molecule is N#Cc1[nH]c(-c2ccc(OC(F)(F)F)cc2)nc1C(N)=O. The minimum absolute atomic E-state index is 0.117. The van der Waals surface area contributed by atoms with E-state index in [0.29, 0.717) is 5.56 Å². The number of nitriles is 1. The maximum atomic E-state index is 12.0. The number of aromatic nitrogens is 2. The highest BCUT2D eigenvalue weighted by Crippen LogP contribution is 2.25. The molecule has 1 aromatic heterocycles. The van der Waals surface area contributed by atoms with Crippen molar-refractivity contribution in [2.45, 2.75) is 6.36 Å². The summed E-state index contributed by atoms with van der Waals surface area (Å²) in [6, 6.07) is 6.48. The Kier molecular flexibility index (Phi) is 3.54. The number of rotatable bonds is 3. The fourth-order valence-corrected chi connectivity index (χ4v) is 1.58. The van der Waals surface area contributed by atoms with Crippen LogP contribution in [0.3, 0.4) is 0 Å². The standard InChI is InChI=1S/C12H7F3N4O2/c13-12(14,15)21-7-3-1-6(2-4-7)11-18-8(5-16)9(19-11)10(17)20/h1-4H,(H2,17,20)(H,18,19). The third-order valence-electron chi connectivity index (χ3n) is 2.41. The van der Waals surface area contributed by atoms with Crippen molar-refractivity contribution in [3.8, 4) is 23.2 Å². The first-order valence-corrected chi connectivity index (χ1v) is 5.46. The van der Waals surface area contributed by atoms with E-state index < -0.39 is 18.0 Å². The van der Waals surface area contributed by atoms with Gasteiger partial charge in [0.2, 0.25) is 0 Å². The predicted molar refractivity (Wildman–Crippen MR) is 63.9 cm³/mol. The molecule has 0 bridgehead atoms. The van der Waals surface area contributed by atoms with Crippen molar-refractivity contribution >= 4 is 5.91 Å². The van der Waals surface area contributed by atoms with Gasteiger partial charge in [-0.05, 0) is 24.3 Å². The predicted octanol–water partition coefficient (Wildman–Crippen LogP) is 1.95. The van der Waals surface area contributed by atoms with Gasteiger partial charge in [0.25, 0.3) is 5.91 Å². The molecule has 2 aromatic rings. The fourth-order valence-electron chi connectivity index (χ4n) is 1.58. The Balaban J connectivity index is 2.31. The highest BCUT2D eigenvalue weighted by molar-refractivity contribution is 5.93. The number of imidazole rings is 1. The summed E-state index contributed by atoms with van der Waals surface area (Å²) >= 11 is 0. The van der Waals surface area contributed by atoms with E-state index in [2.05, 4.69) is 14.7 Å². The van der Waals surface area contributed by atoms with Crippen molar-refractivity contribution in [1.29, 1.82) is 5.26 Å². The lowest BCUT2D eigenvalue weighted by molar-refractivity contribution is -0.274. The Labute approximate surface area is 116 Å². The molecule has 0 aliphatic heterocycles. The van der Waals surface area contributed by atoms with E-state index >= 15 is 0 Å². The molecule has 0 atom stereocenters. The topological polar surface area (TPSA) is 105 Å². The van der Waals surface area contributed by atoms with Gasteiger partial charge in [0.1, 0.15) is 17.6 Å². The molecule has 2 rings (SSSR count). The highest BCUT2D eigenvalue weighted by Gasteiger charge is 2.31. The number of amides is 1. The molecule has 0 saturated heterocycles. The van der Waals surface area contributed by atoms with Crippen LogP contribution in [0.2, 0.25) is 0 Å². The summed E-state index contributed by atoms with van der Waals surface area (Å²) in [5.41, 5.74) is 5.08. The molecule has 0 unspecified atom stereocenters. The number of alkyl halides is 3. The summed E-state index contributed by atoms with van der Waals surface area (Å²) in [7, 11) is 0. The van der Waals surface area contributed by atoms with E-state index in [1.165, 1.54) is 12.1 Å². The molecule has 1 aromatic carbocycles. The number of H-pyrrole nitrogens is 1. The molecule has 6 nitrogen and oxygen atoms in total. The van der Waals surface area contributed by atoms with Crippen LogP contribution in [0.1, 0.15) is 16.2 Å². The van der Waals surface area contributed by atoms with Gasteiger partial charge in [-0.2, -0.15) is 5.26 Å². The van der Waals surface area contributed by atoms with Gasteiger partial charge in [0.15, 0.2) is 11.4 Å². The summed E-state index contributed by atoms with van der Waals surface area (Å²) in [4.78, 5) is 17.5. The lowest BCUT2D eigenvalue weighted by atomic mass is 10.2. The van der Waals surface area contributed by atoms with Crippen molar-refractivity contribution in [2.24, 2.45) is 5.73 Å². The third kappa shape index (κ3) is 3.30. The van der Waals surface area contributed by atoms with Crippen LogP contribution in [0.5, 0.6) is 5.75 Å². The van der Waals surface area contributed by atoms with Gasteiger partial charge in [-0.25, -0.2) is 4.98 Å². The number of carbonyl (C=O) groups excluding carboxylic acids is 1. The lowest BCUT2D eigenvalue weighted by Crippen LogP contribution is -2.16. The number of primary amides is 1. The maximum Gasteiger partial charge on any atom is 0.573 e. The van der Waals surface area contributed by atoms with Crippen LogP contribution in [0, 0.1) is 11.3 Å². The van der Waals surface area contributed by atoms with Crippen LogP contribution in [-0.2, 0) is 0 Å². The van der Waals surface area contributed by atoms with E-state index in [-0.39, 0.29) is 17.2 Å². The van der Waals surface area contributed by atoms with Gasteiger partial charge in [0, 0.05) is 5.56 Å². The number of hydrogen-bond donors (Lipinski definition) is 2. The molecule has 108 valence electrons. The number of halogens is 3. The monoisotopic (exact) mass is 296 g/mol. The van der Waals surface area contributed by atoms with Crippen molar-refractivity contribution in [2.75, 3.05) is 0 Å². The van der Waals surface area contributed by atoms with Gasteiger partial charge in [0.05, 0.1) is 0 Å². The Bertz CT molecular complexity index is 714. The van der Waals surface area contributed by atoms with Crippen LogP contribution in [0.25, 0.3) is 11.4 Å². The zero-order valence-electron chi connectivity index (χ0n) is 10.2. The van der Waals surface area contributed by atoms with Crippen LogP contribution in [-0.4, -0.2) is 22.2 Å². The zero-order valence-corrected chi connectivity index (χ0v) is 10.2. The highest BCUT2D eigenvalue weighted by atomic mass is 19.4. The molecule has 0 aliphatic rings. The van der Waals surface area contributed by atoms with E-state index in [1.807, 2.05) is 0 Å². The molecule has 1 heterocycles. The average molecular weight is 296 g/mol. The molecule has 0 fully saturated rings. The molecular formula is C12H7F3N4O2. The summed E-state index contributed by atoms with van der Waals surface area (Å²) in [6.45, 7) is 0. The van der Waals surface area contributed by atoms with E-state index in [1.54, 1.807) is 6.07 Å². The number of aromatic amines is 1. The number of nitrogens with one attached hydrogen (secondary N) is 1. The largest absolute Gasteiger partial charge is 0.573 e. The molecular weight excluding hydrogens is 289 g/mol. The second kappa shape index (κ2) is 5.16. The number of carbonyl (C=O) groups is 1. The number of hydrogen-bond acceptors (Lipinski definition) is 4. The van der Waals surface area contributed by atoms with E-state index in [9.17, 15) is 18.0 Å². The van der Waals surface area contributed by atoms with Crippen LogP contribution >= 0.6 is 0 Å². The van der Waals surface area contributed by atoms with Gasteiger partial charge in [-0.3, -0.25) is 4.79 Å². The van der Waals surface area contributed by atoms with Crippen molar-refractivity contribution in [3.63, 3.8) is 0 Å². The number of nitrogens with two attached hydrogens (primary N) is 1. The Morgan fingerprint density at radius 3 is 2.38 bits per heavy atom. The Morgan fingerprint density at radius 1 is 1.33 bits per heavy atom. The van der Waals surface area contributed by atoms with Gasteiger partial charge < -0.3 is 15.5 Å². The first kappa shape index (κ1) is 14.4. The molecule has 0 radical (unpaired) electrons. The molecule has 21 heavy (non-hydrogen) atoms. The molecule has 3 N–H and O–H groups in total. The summed E-state index contributed by atoms with van der Waals surface area (Å²) in [5.74, 6) is -1.14. The minimum Gasteiger partial charge on any atom is -0.406 e. The van der Waals surface area contributed by atoms with Crippen molar-refractivity contribution in [3.05, 3.63) is 35.7 Å². The minimum atomic E-state index is -4.78. The van der Waals surface area contributed by atoms with Crippen LogP contribution in [0.15, 0.2) is 24.3 Å². The molecule has 0 spiro atoms. The molecule has 0 aliphatic carbocycles. The molecule has 1 amide bonds. The first-order valence-electron chi connectivity index (χ1n) is 5.46. The van der Waals surface area contributed by atoms with Gasteiger partial charge in [-0.15, -0.1) is 13.2 Å². The fraction of sp³-hybridized carbons (Fsp3) is 0.0833. The molecule has 9 heteroatoms. The van der Waals surface area contributed by atoms with Crippen LogP contribution in [0.4, 0.5) is 13.2 Å². The van der Waals surface area contributed by atoms with E-state index in [4.69, 9.17) is 11.0 Å². The summed E-state index contributed by atoms with van der Waals surface area (Å²) in [6.07, 6.45) is -4.78. The molecule has 0 saturated carbocycles. The maximum absolute atomic E-state index is 12.0. The number of nitrogens with zero attached hydrogens (tertiary/aromatic N) is 2. The smallest absolute Gasteiger partial charge is 0.406 e. The van der Waals surface area contributed by atoms with Crippen molar-refractivity contribution < 1.29 is 22.7 Å². The first-order chi connectivity index (χ1) is 9.80. The quantitative estimate of drug-likeness (QED) is 0.902. The van der Waals surface area contributed by atoms with Gasteiger partial charge in [-0.1, -0.05) is 0 Å². The Hall–Kier alpha value is -3.02. The number of ether oxygens (including phenoxy) is 1. The van der Waals surface area contributed by atoms with Gasteiger partial charge >= 0.3 is 6.36 Å².